The SMILES string of the molecule is CC1CCNCC1NC(=O)c1cc(C(C)(C)C)[nH]n1.Cl. The molecule has 0 saturated carbocycles. The van der Waals surface area contributed by atoms with Gasteiger partial charge in [-0.15, -0.1) is 12.4 Å². The van der Waals surface area contributed by atoms with Gasteiger partial charge < -0.3 is 10.6 Å². The number of H-pyrrole nitrogens is 1. The molecule has 5 nitrogen and oxygen atoms in total. The Morgan fingerprint density at radius 1 is 1.45 bits per heavy atom. The average molecular weight is 301 g/mol. The highest BCUT2D eigenvalue weighted by Crippen LogP contribution is 2.20. The number of halogens is 1. The highest BCUT2D eigenvalue weighted by atomic mass is 35.5. The quantitative estimate of drug-likeness (QED) is 0.781. The van der Waals surface area contributed by atoms with E-state index < -0.39 is 0 Å². The standard InChI is InChI=1S/C14H24N4O.ClH/c1-9-5-6-15-8-11(9)16-13(19)10-7-12(18-17-10)14(2,3)4;/h7,9,11,15H,5-6,8H2,1-4H3,(H,16,19)(H,17,18);1H. The van der Waals surface area contributed by atoms with Crippen molar-refractivity contribution in [2.45, 2.75) is 45.6 Å². The van der Waals surface area contributed by atoms with Gasteiger partial charge in [-0.3, -0.25) is 9.89 Å². The highest BCUT2D eigenvalue weighted by Gasteiger charge is 2.25. The Kier molecular flexibility index (Phi) is 5.59. The van der Waals surface area contributed by atoms with Crippen molar-refractivity contribution in [2.75, 3.05) is 13.1 Å². The van der Waals surface area contributed by atoms with Gasteiger partial charge in [-0.1, -0.05) is 27.7 Å². The molecule has 114 valence electrons. The minimum atomic E-state index is -0.0905. The number of aromatic amines is 1. The van der Waals surface area contributed by atoms with Gasteiger partial charge in [0.05, 0.1) is 0 Å². The van der Waals surface area contributed by atoms with Gasteiger partial charge >= 0.3 is 0 Å². The van der Waals surface area contributed by atoms with Crippen LogP contribution < -0.4 is 10.6 Å². The van der Waals surface area contributed by atoms with E-state index in [1.165, 1.54) is 0 Å². The molecule has 2 rings (SSSR count). The molecule has 0 bridgehead atoms. The van der Waals surface area contributed by atoms with Gasteiger partial charge in [0, 0.05) is 23.7 Å². The number of nitrogens with one attached hydrogen (secondary N) is 3. The van der Waals surface area contributed by atoms with Crippen molar-refractivity contribution in [3.8, 4) is 0 Å². The van der Waals surface area contributed by atoms with E-state index in [-0.39, 0.29) is 29.8 Å². The summed E-state index contributed by atoms with van der Waals surface area (Å²) in [5, 5.41) is 13.4. The molecule has 3 N–H and O–H groups in total. The van der Waals surface area contributed by atoms with Crippen LogP contribution >= 0.6 is 12.4 Å². The predicted octanol–water partition coefficient (Wildman–Crippen LogP) is 1.86. The number of hydrogen-bond acceptors (Lipinski definition) is 3. The molecule has 0 aromatic carbocycles. The third-order valence-corrected chi connectivity index (χ3v) is 3.76. The summed E-state index contributed by atoms with van der Waals surface area (Å²) in [6, 6.07) is 2.03. The van der Waals surface area contributed by atoms with Crippen LogP contribution in [0.15, 0.2) is 6.07 Å². The van der Waals surface area contributed by atoms with Crippen LogP contribution in [-0.4, -0.2) is 35.2 Å². The Labute approximate surface area is 126 Å². The molecule has 1 aliphatic rings. The number of carbonyl (C=O) groups is 1. The molecule has 1 aromatic heterocycles. The number of nitrogens with zero attached hydrogens (tertiary/aromatic N) is 1. The van der Waals surface area contributed by atoms with Crippen LogP contribution in [0.2, 0.25) is 0 Å². The lowest BCUT2D eigenvalue weighted by molar-refractivity contribution is 0.0910. The molecular weight excluding hydrogens is 276 g/mol. The molecular formula is C14H25ClN4O. The Morgan fingerprint density at radius 2 is 2.15 bits per heavy atom. The number of carbonyl (C=O) groups excluding carboxylic acids is 1. The van der Waals surface area contributed by atoms with Crippen LogP contribution in [0.1, 0.15) is 50.3 Å². The van der Waals surface area contributed by atoms with Crippen molar-refractivity contribution in [2.24, 2.45) is 5.92 Å². The van der Waals surface area contributed by atoms with Crippen molar-refractivity contribution in [1.82, 2.24) is 20.8 Å². The molecule has 2 heterocycles. The number of piperidine rings is 1. The first-order valence-corrected chi connectivity index (χ1v) is 6.95. The van der Waals surface area contributed by atoms with Gasteiger partial charge in [-0.25, -0.2) is 0 Å². The lowest BCUT2D eigenvalue weighted by Crippen LogP contribution is -2.50. The van der Waals surface area contributed by atoms with E-state index in [1.807, 2.05) is 6.07 Å². The molecule has 1 amide bonds. The van der Waals surface area contributed by atoms with Crippen LogP contribution in [0.3, 0.4) is 0 Å². The third-order valence-electron chi connectivity index (χ3n) is 3.76. The topological polar surface area (TPSA) is 69.8 Å². The zero-order valence-electron chi connectivity index (χ0n) is 12.6. The fraction of sp³-hybridized carbons (Fsp3) is 0.714. The van der Waals surface area contributed by atoms with Crippen molar-refractivity contribution in [3.05, 3.63) is 17.5 Å². The van der Waals surface area contributed by atoms with Gasteiger partial charge in [0.25, 0.3) is 5.91 Å². The first-order chi connectivity index (χ1) is 8.88. The predicted molar refractivity (Wildman–Crippen MR) is 82.4 cm³/mol. The molecule has 0 spiro atoms. The van der Waals surface area contributed by atoms with E-state index in [4.69, 9.17) is 0 Å². The molecule has 1 fully saturated rings. The second-order valence-electron chi connectivity index (χ2n) is 6.47. The summed E-state index contributed by atoms with van der Waals surface area (Å²) < 4.78 is 0. The van der Waals surface area contributed by atoms with Gasteiger partial charge in [-0.2, -0.15) is 5.10 Å². The fourth-order valence-corrected chi connectivity index (χ4v) is 2.25. The summed E-state index contributed by atoms with van der Waals surface area (Å²) in [7, 11) is 0. The van der Waals surface area contributed by atoms with Crippen molar-refractivity contribution >= 4 is 18.3 Å². The molecule has 2 unspecified atom stereocenters. The van der Waals surface area contributed by atoms with Crippen LogP contribution in [0, 0.1) is 5.92 Å². The Hall–Kier alpha value is -1.07. The summed E-state index contributed by atoms with van der Waals surface area (Å²) in [6.07, 6.45) is 1.10. The summed E-state index contributed by atoms with van der Waals surface area (Å²) in [5.74, 6) is 0.415. The summed E-state index contributed by atoms with van der Waals surface area (Å²) in [4.78, 5) is 12.2. The normalized spacial score (nSPS) is 23.0. The maximum absolute atomic E-state index is 12.2. The Morgan fingerprint density at radius 3 is 2.70 bits per heavy atom. The number of amides is 1. The van der Waals surface area contributed by atoms with E-state index in [2.05, 4.69) is 48.5 Å². The van der Waals surface area contributed by atoms with Crippen LogP contribution in [-0.2, 0) is 5.41 Å². The van der Waals surface area contributed by atoms with Crippen molar-refractivity contribution in [3.63, 3.8) is 0 Å². The van der Waals surface area contributed by atoms with Gasteiger partial charge in [0.1, 0.15) is 5.69 Å². The zero-order chi connectivity index (χ0) is 14.0. The molecule has 0 aliphatic carbocycles. The molecule has 2 atom stereocenters. The monoisotopic (exact) mass is 300 g/mol. The van der Waals surface area contributed by atoms with Crippen LogP contribution in [0.4, 0.5) is 0 Å². The van der Waals surface area contributed by atoms with Crippen molar-refractivity contribution < 1.29 is 4.79 Å². The van der Waals surface area contributed by atoms with Crippen LogP contribution in [0.5, 0.6) is 0 Å². The summed E-state index contributed by atoms with van der Waals surface area (Å²) >= 11 is 0. The molecule has 0 radical (unpaired) electrons. The van der Waals surface area contributed by atoms with E-state index in [0.29, 0.717) is 11.6 Å². The Bertz CT molecular complexity index is 452. The molecule has 1 aliphatic heterocycles. The minimum absolute atomic E-state index is 0. The van der Waals surface area contributed by atoms with E-state index in [0.717, 1.165) is 25.2 Å². The number of rotatable bonds is 2. The Balaban J connectivity index is 0.00000200. The summed E-state index contributed by atoms with van der Waals surface area (Å²) in [5.41, 5.74) is 1.43. The highest BCUT2D eigenvalue weighted by molar-refractivity contribution is 5.92. The second kappa shape index (κ2) is 6.59. The van der Waals surface area contributed by atoms with Gasteiger partial charge in [0.2, 0.25) is 0 Å². The van der Waals surface area contributed by atoms with Crippen molar-refractivity contribution in [1.29, 1.82) is 0 Å². The summed E-state index contributed by atoms with van der Waals surface area (Å²) in [6.45, 7) is 10.3. The zero-order valence-corrected chi connectivity index (χ0v) is 13.4. The molecule has 1 aromatic rings. The maximum Gasteiger partial charge on any atom is 0.272 e. The number of hydrogen-bond donors (Lipinski definition) is 3. The smallest absolute Gasteiger partial charge is 0.272 e. The lowest BCUT2D eigenvalue weighted by atomic mass is 9.92. The van der Waals surface area contributed by atoms with E-state index in [9.17, 15) is 4.79 Å². The largest absolute Gasteiger partial charge is 0.346 e. The lowest BCUT2D eigenvalue weighted by Gasteiger charge is -2.29. The fourth-order valence-electron chi connectivity index (χ4n) is 2.25. The minimum Gasteiger partial charge on any atom is -0.346 e. The van der Waals surface area contributed by atoms with Crippen LogP contribution in [0.25, 0.3) is 0 Å². The van der Waals surface area contributed by atoms with Gasteiger partial charge in [0.15, 0.2) is 0 Å². The first-order valence-electron chi connectivity index (χ1n) is 6.95. The van der Waals surface area contributed by atoms with E-state index >= 15 is 0 Å². The average Bonchev–Trinajstić information content (AvgIpc) is 2.81. The first kappa shape index (κ1) is 17.0. The third kappa shape index (κ3) is 3.96. The maximum atomic E-state index is 12.2. The van der Waals surface area contributed by atoms with E-state index in [1.54, 1.807) is 0 Å². The molecule has 20 heavy (non-hydrogen) atoms. The second-order valence-corrected chi connectivity index (χ2v) is 6.47. The van der Waals surface area contributed by atoms with Gasteiger partial charge in [-0.05, 0) is 24.9 Å². The molecule has 1 saturated heterocycles. The molecule has 6 heteroatoms. The number of aromatic nitrogens is 2.